The number of amides is 2. The molecule has 2 aromatic heterocycles. The van der Waals surface area contributed by atoms with Gasteiger partial charge in [0, 0.05) is 11.1 Å². The van der Waals surface area contributed by atoms with Crippen LogP contribution >= 0.6 is 22.7 Å². The third kappa shape index (κ3) is 4.49. The number of carbonyl (C=O) groups is 2. The van der Waals surface area contributed by atoms with E-state index in [0.717, 1.165) is 0 Å². The van der Waals surface area contributed by atoms with Crippen molar-refractivity contribution in [3.05, 3.63) is 63.0 Å². The maximum atomic E-state index is 13.1. The summed E-state index contributed by atoms with van der Waals surface area (Å²) in [5.74, 6) is -0.820. The number of halogens is 1. The number of nitrogens with one attached hydrogen (secondary N) is 2. The Labute approximate surface area is 151 Å². The number of benzene rings is 1. The molecule has 0 aliphatic rings. The molecule has 0 bridgehead atoms. The molecule has 128 valence electrons. The first-order valence-electron chi connectivity index (χ1n) is 7.36. The van der Waals surface area contributed by atoms with Crippen LogP contribution in [0.3, 0.4) is 0 Å². The number of aromatic nitrogens is 1. The molecule has 25 heavy (non-hydrogen) atoms. The molecular formula is C17H14FN3O2S2. The molecule has 0 atom stereocenters. The minimum absolute atomic E-state index is 0.0716. The van der Waals surface area contributed by atoms with Gasteiger partial charge in [0.25, 0.3) is 5.91 Å². The van der Waals surface area contributed by atoms with Crippen LogP contribution in [-0.4, -0.2) is 16.8 Å². The fourth-order valence-corrected chi connectivity index (χ4v) is 3.46. The highest BCUT2D eigenvalue weighted by Crippen LogP contribution is 2.20. The molecule has 0 saturated carbocycles. The quantitative estimate of drug-likeness (QED) is 0.706. The fourth-order valence-electron chi connectivity index (χ4n) is 2.14. The predicted molar refractivity (Wildman–Crippen MR) is 97.9 cm³/mol. The van der Waals surface area contributed by atoms with Gasteiger partial charge < -0.3 is 5.32 Å². The molecule has 0 unspecified atom stereocenters. The van der Waals surface area contributed by atoms with E-state index in [1.807, 2.05) is 5.38 Å². The first-order valence-corrected chi connectivity index (χ1v) is 9.12. The van der Waals surface area contributed by atoms with Gasteiger partial charge in [0.1, 0.15) is 5.82 Å². The summed E-state index contributed by atoms with van der Waals surface area (Å²) in [5, 5.41) is 9.43. The van der Waals surface area contributed by atoms with E-state index in [2.05, 4.69) is 15.6 Å². The molecule has 2 amide bonds. The van der Waals surface area contributed by atoms with Gasteiger partial charge in [-0.25, -0.2) is 9.37 Å². The maximum Gasteiger partial charge on any atom is 0.267 e. The number of aryl methyl sites for hydroxylation is 1. The van der Waals surface area contributed by atoms with Gasteiger partial charge in [0.2, 0.25) is 5.91 Å². The Morgan fingerprint density at radius 3 is 2.76 bits per heavy atom. The van der Waals surface area contributed by atoms with E-state index in [0.29, 0.717) is 27.0 Å². The lowest BCUT2D eigenvalue weighted by Crippen LogP contribution is -2.15. The SMILES string of the molecule is Cc1cc(F)ccc1NC(=O)Cc1csc(NC(=O)c2cccs2)n1. The number of thiazole rings is 1. The average molecular weight is 375 g/mol. The Bertz CT molecular complexity index is 907. The molecule has 3 aromatic rings. The minimum atomic E-state index is -0.346. The predicted octanol–water partition coefficient (Wildman–Crippen LogP) is 4.09. The molecule has 0 fully saturated rings. The Morgan fingerprint density at radius 2 is 2.04 bits per heavy atom. The van der Waals surface area contributed by atoms with Crippen LogP contribution < -0.4 is 10.6 Å². The zero-order chi connectivity index (χ0) is 17.8. The first kappa shape index (κ1) is 17.2. The summed E-state index contributed by atoms with van der Waals surface area (Å²) < 4.78 is 13.1. The molecule has 3 rings (SSSR count). The van der Waals surface area contributed by atoms with E-state index in [1.165, 1.54) is 40.9 Å². The van der Waals surface area contributed by atoms with Crippen LogP contribution in [-0.2, 0) is 11.2 Å². The van der Waals surface area contributed by atoms with Gasteiger partial charge in [0.15, 0.2) is 5.13 Å². The standard InChI is InChI=1S/C17H14FN3O2S2/c1-10-7-11(18)4-5-13(10)20-15(22)8-12-9-25-17(19-12)21-16(23)14-3-2-6-24-14/h2-7,9H,8H2,1H3,(H,20,22)(H,19,21,23). The lowest BCUT2D eigenvalue weighted by molar-refractivity contribution is -0.115. The topological polar surface area (TPSA) is 71.1 Å². The Morgan fingerprint density at radius 1 is 1.20 bits per heavy atom. The van der Waals surface area contributed by atoms with Gasteiger partial charge in [-0.3, -0.25) is 14.9 Å². The number of nitrogens with zero attached hydrogens (tertiary/aromatic N) is 1. The number of rotatable bonds is 5. The highest BCUT2D eigenvalue weighted by molar-refractivity contribution is 7.14. The van der Waals surface area contributed by atoms with Crippen molar-refractivity contribution in [2.45, 2.75) is 13.3 Å². The molecule has 0 saturated heterocycles. The molecular weight excluding hydrogens is 361 g/mol. The average Bonchev–Trinajstić information content (AvgIpc) is 3.22. The number of hydrogen-bond acceptors (Lipinski definition) is 5. The van der Waals surface area contributed by atoms with Crippen LogP contribution in [0.2, 0.25) is 0 Å². The first-order chi connectivity index (χ1) is 12.0. The summed E-state index contributed by atoms with van der Waals surface area (Å²) in [5.41, 5.74) is 1.77. The van der Waals surface area contributed by atoms with Gasteiger partial charge in [0.05, 0.1) is 17.0 Å². The van der Waals surface area contributed by atoms with Crippen molar-refractivity contribution < 1.29 is 14.0 Å². The molecule has 2 N–H and O–H groups in total. The molecule has 2 heterocycles. The van der Waals surface area contributed by atoms with Gasteiger partial charge >= 0.3 is 0 Å². The zero-order valence-electron chi connectivity index (χ0n) is 13.2. The summed E-state index contributed by atoms with van der Waals surface area (Å²) >= 11 is 2.61. The van der Waals surface area contributed by atoms with E-state index in [-0.39, 0.29) is 24.1 Å². The zero-order valence-corrected chi connectivity index (χ0v) is 14.8. The number of hydrogen-bond donors (Lipinski definition) is 2. The van der Waals surface area contributed by atoms with Crippen molar-refractivity contribution in [2.24, 2.45) is 0 Å². The summed E-state index contributed by atoms with van der Waals surface area (Å²) in [7, 11) is 0. The number of thiophene rings is 1. The summed E-state index contributed by atoms with van der Waals surface area (Å²) in [6.07, 6.45) is 0.0716. The largest absolute Gasteiger partial charge is 0.326 e. The van der Waals surface area contributed by atoms with Crippen molar-refractivity contribution in [3.63, 3.8) is 0 Å². The third-order valence-corrected chi connectivity index (χ3v) is 5.00. The lowest BCUT2D eigenvalue weighted by Gasteiger charge is -2.07. The van der Waals surface area contributed by atoms with Crippen LogP contribution in [0.15, 0.2) is 41.1 Å². The maximum absolute atomic E-state index is 13.1. The summed E-state index contributed by atoms with van der Waals surface area (Å²) in [6.45, 7) is 1.72. The van der Waals surface area contributed by atoms with E-state index < -0.39 is 0 Å². The fraction of sp³-hybridized carbons (Fsp3) is 0.118. The summed E-state index contributed by atoms with van der Waals surface area (Å²) in [4.78, 5) is 28.9. The highest BCUT2D eigenvalue weighted by atomic mass is 32.1. The molecule has 0 aliphatic heterocycles. The van der Waals surface area contributed by atoms with E-state index in [4.69, 9.17) is 0 Å². The van der Waals surface area contributed by atoms with Crippen molar-refractivity contribution in [2.75, 3.05) is 10.6 Å². The van der Waals surface area contributed by atoms with Gasteiger partial charge in [-0.05, 0) is 42.1 Å². The summed E-state index contributed by atoms with van der Waals surface area (Å²) in [6, 6.07) is 7.71. The van der Waals surface area contributed by atoms with Crippen molar-refractivity contribution in [1.29, 1.82) is 0 Å². The second kappa shape index (κ2) is 7.54. The lowest BCUT2D eigenvalue weighted by atomic mass is 10.2. The second-order valence-electron chi connectivity index (χ2n) is 5.26. The van der Waals surface area contributed by atoms with Gasteiger partial charge in [-0.2, -0.15) is 0 Å². The van der Waals surface area contributed by atoms with E-state index in [1.54, 1.807) is 24.4 Å². The van der Waals surface area contributed by atoms with Crippen LogP contribution in [0.5, 0.6) is 0 Å². The third-order valence-electron chi connectivity index (χ3n) is 3.32. The number of carbonyl (C=O) groups excluding carboxylic acids is 2. The van der Waals surface area contributed by atoms with Crippen molar-refractivity contribution >= 4 is 45.3 Å². The van der Waals surface area contributed by atoms with Gasteiger partial charge in [-0.15, -0.1) is 22.7 Å². The Hall–Kier alpha value is -2.58. The Kier molecular flexibility index (Phi) is 5.20. The normalized spacial score (nSPS) is 10.5. The van der Waals surface area contributed by atoms with Crippen LogP contribution in [0.4, 0.5) is 15.2 Å². The molecule has 8 heteroatoms. The molecule has 0 spiro atoms. The van der Waals surface area contributed by atoms with Gasteiger partial charge in [-0.1, -0.05) is 6.07 Å². The van der Waals surface area contributed by atoms with Crippen molar-refractivity contribution in [1.82, 2.24) is 4.98 Å². The minimum Gasteiger partial charge on any atom is -0.326 e. The van der Waals surface area contributed by atoms with Crippen LogP contribution in [0.25, 0.3) is 0 Å². The monoisotopic (exact) mass is 375 g/mol. The molecule has 1 aromatic carbocycles. The smallest absolute Gasteiger partial charge is 0.267 e. The van der Waals surface area contributed by atoms with E-state index in [9.17, 15) is 14.0 Å². The number of anilines is 2. The molecule has 0 radical (unpaired) electrons. The second-order valence-corrected chi connectivity index (χ2v) is 7.07. The molecule has 5 nitrogen and oxygen atoms in total. The Balaban J connectivity index is 1.59. The highest BCUT2D eigenvalue weighted by Gasteiger charge is 2.12. The van der Waals surface area contributed by atoms with Crippen LogP contribution in [0.1, 0.15) is 20.9 Å². The van der Waals surface area contributed by atoms with Crippen LogP contribution in [0, 0.1) is 12.7 Å². The molecule has 0 aliphatic carbocycles. The van der Waals surface area contributed by atoms with E-state index >= 15 is 0 Å². The van der Waals surface area contributed by atoms with Crippen molar-refractivity contribution in [3.8, 4) is 0 Å².